The Morgan fingerprint density at radius 2 is 2.10 bits per heavy atom. The number of rotatable bonds is 8. The number of aliphatic carboxylic acids is 1. The summed E-state index contributed by atoms with van der Waals surface area (Å²) in [6.07, 6.45) is 2.50. The normalized spacial score (nSPS) is 24.9. The van der Waals surface area contributed by atoms with E-state index in [1.165, 1.54) is 6.92 Å². The monoisotopic (exact) mass is 417 g/mol. The predicted molar refractivity (Wildman–Crippen MR) is 114 cm³/mol. The first-order valence-corrected chi connectivity index (χ1v) is 10.4. The standard InChI is InChI=1S/C23H31NO6/c1-14-16(3)29-21-12-18(9-10-20(14)21)15(2)24-28-11-7-6-8-19-13-27-23(5,22(25)26)30-17(19)4/h9-10,12,17,19H,6-8,11,13H2,1-5H3,(H,25,26). The number of oxime groups is 1. The number of fused-ring (bicyclic) bond motifs is 1. The largest absolute Gasteiger partial charge is 0.477 e. The quantitative estimate of drug-likeness (QED) is 0.376. The molecule has 3 unspecified atom stereocenters. The number of hydrogen-bond donors (Lipinski definition) is 1. The SMILES string of the molecule is CC(=NOCCCCC1COC(C)(C(=O)O)OC1C)c1ccc2c(C)c(C)oc2c1. The summed E-state index contributed by atoms with van der Waals surface area (Å²) in [4.78, 5) is 16.7. The molecule has 1 aliphatic heterocycles. The predicted octanol–water partition coefficient (Wildman–Crippen LogP) is 4.81. The molecule has 3 rings (SSSR count). The molecule has 2 aromatic rings. The zero-order chi connectivity index (χ0) is 21.9. The molecular weight excluding hydrogens is 386 g/mol. The van der Waals surface area contributed by atoms with Crippen molar-refractivity contribution in [2.24, 2.45) is 11.1 Å². The van der Waals surface area contributed by atoms with Gasteiger partial charge in [-0.3, -0.25) is 0 Å². The second-order valence-corrected chi connectivity index (χ2v) is 8.14. The highest BCUT2D eigenvalue weighted by atomic mass is 16.7. The number of hydrogen-bond acceptors (Lipinski definition) is 6. The van der Waals surface area contributed by atoms with E-state index >= 15 is 0 Å². The fourth-order valence-corrected chi connectivity index (χ4v) is 3.66. The van der Waals surface area contributed by atoms with Crippen molar-refractivity contribution in [2.45, 2.75) is 65.8 Å². The molecule has 2 heterocycles. The van der Waals surface area contributed by atoms with Gasteiger partial charge in [0.05, 0.1) is 18.4 Å². The van der Waals surface area contributed by atoms with E-state index in [-0.39, 0.29) is 12.0 Å². The van der Waals surface area contributed by atoms with Gasteiger partial charge in [-0.15, -0.1) is 0 Å². The minimum atomic E-state index is -1.54. The number of aryl methyl sites for hydroxylation is 2. The van der Waals surface area contributed by atoms with Crippen LogP contribution < -0.4 is 0 Å². The molecule has 1 saturated heterocycles. The van der Waals surface area contributed by atoms with E-state index < -0.39 is 11.8 Å². The van der Waals surface area contributed by atoms with Crippen molar-refractivity contribution in [3.63, 3.8) is 0 Å². The molecule has 1 fully saturated rings. The van der Waals surface area contributed by atoms with E-state index in [1.54, 1.807) is 0 Å². The topological polar surface area (TPSA) is 90.5 Å². The van der Waals surface area contributed by atoms with Gasteiger partial charge in [-0.25, -0.2) is 4.79 Å². The van der Waals surface area contributed by atoms with Gasteiger partial charge in [-0.1, -0.05) is 17.3 Å². The van der Waals surface area contributed by atoms with Crippen molar-refractivity contribution in [2.75, 3.05) is 13.2 Å². The second kappa shape index (κ2) is 9.18. The molecule has 0 bridgehead atoms. The Morgan fingerprint density at radius 1 is 1.33 bits per heavy atom. The maximum absolute atomic E-state index is 11.2. The molecule has 1 aromatic heterocycles. The van der Waals surface area contributed by atoms with Gasteiger partial charge >= 0.3 is 5.97 Å². The number of ether oxygens (including phenoxy) is 2. The van der Waals surface area contributed by atoms with E-state index in [4.69, 9.17) is 18.7 Å². The summed E-state index contributed by atoms with van der Waals surface area (Å²) in [6, 6.07) is 6.08. The van der Waals surface area contributed by atoms with Gasteiger partial charge in [0.1, 0.15) is 18.0 Å². The van der Waals surface area contributed by atoms with Crippen LogP contribution in [-0.2, 0) is 19.1 Å². The van der Waals surface area contributed by atoms with Gasteiger partial charge in [0.25, 0.3) is 5.79 Å². The molecule has 0 saturated carbocycles. The van der Waals surface area contributed by atoms with Crippen molar-refractivity contribution in [3.05, 3.63) is 35.1 Å². The molecule has 0 radical (unpaired) electrons. The summed E-state index contributed by atoms with van der Waals surface area (Å²) in [5, 5.41) is 14.5. The fraction of sp³-hybridized carbons (Fsp3) is 0.565. The van der Waals surface area contributed by atoms with Crippen LogP contribution in [0.1, 0.15) is 56.9 Å². The first kappa shape index (κ1) is 22.3. The van der Waals surface area contributed by atoms with E-state index in [2.05, 4.69) is 18.1 Å². The Hall–Kier alpha value is -2.38. The van der Waals surface area contributed by atoms with E-state index in [1.807, 2.05) is 32.9 Å². The highest BCUT2D eigenvalue weighted by molar-refractivity contribution is 6.01. The van der Waals surface area contributed by atoms with Crippen LogP contribution in [0, 0.1) is 19.8 Å². The summed E-state index contributed by atoms with van der Waals surface area (Å²) in [5.41, 5.74) is 3.81. The number of unbranched alkanes of at least 4 members (excludes halogenated alkanes) is 1. The summed E-state index contributed by atoms with van der Waals surface area (Å²) in [6.45, 7) is 10.2. The van der Waals surface area contributed by atoms with Gasteiger partial charge in [0.15, 0.2) is 0 Å². The number of furan rings is 1. The van der Waals surface area contributed by atoms with Crippen molar-refractivity contribution in [3.8, 4) is 0 Å². The van der Waals surface area contributed by atoms with E-state index in [0.29, 0.717) is 13.2 Å². The van der Waals surface area contributed by atoms with Crippen LogP contribution in [0.3, 0.4) is 0 Å². The minimum Gasteiger partial charge on any atom is -0.477 e. The molecular formula is C23H31NO6. The zero-order valence-electron chi connectivity index (χ0n) is 18.4. The third-order valence-corrected chi connectivity index (χ3v) is 5.89. The van der Waals surface area contributed by atoms with Crippen LogP contribution >= 0.6 is 0 Å². The van der Waals surface area contributed by atoms with Crippen LogP contribution in [0.15, 0.2) is 27.8 Å². The average molecular weight is 418 g/mol. The van der Waals surface area contributed by atoms with Gasteiger partial charge in [-0.05, 0) is 58.6 Å². The second-order valence-electron chi connectivity index (χ2n) is 8.14. The van der Waals surface area contributed by atoms with Gasteiger partial charge in [0, 0.05) is 23.8 Å². The van der Waals surface area contributed by atoms with Crippen molar-refractivity contribution in [1.29, 1.82) is 0 Å². The van der Waals surface area contributed by atoms with Crippen molar-refractivity contribution in [1.82, 2.24) is 0 Å². The highest BCUT2D eigenvalue weighted by Crippen LogP contribution is 2.29. The van der Waals surface area contributed by atoms with E-state index in [9.17, 15) is 9.90 Å². The molecule has 1 aromatic carbocycles. The molecule has 7 nitrogen and oxygen atoms in total. The molecule has 0 amide bonds. The maximum atomic E-state index is 11.2. The van der Waals surface area contributed by atoms with Gasteiger partial charge < -0.3 is 23.8 Å². The first-order chi connectivity index (χ1) is 14.2. The fourth-order valence-electron chi connectivity index (χ4n) is 3.66. The molecule has 7 heteroatoms. The smallest absolute Gasteiger partial charge is 0.364 e. The molecule has 0 spiro atoms. The summed E-state index contributed by atoms with van der Waals surface area (Å²) in [7, 11) is 0. The maximum Gasteiger partial charge on any atom is 0.364 e. The number of benzene rings is 1. The molecule has 0 aliphatic carbocycles. The van der Waals surface area contributed by atoms with E-state index in [0.717, 1.165) is 52.8 Å². The molecule has 164 valence electrons. The summed E-state index contributed by atoms with van der Waals surface area (Å²) >= 11 is 0. The Kier molecular flexibility index (Phi) is 6.83. The first-order valence-electron chi connectivity index (χ1n) is 10.4. The summed E-state index contributed by atoms with van der Waals surface area (Å²) in [5.74, 6) is -1.52. The van der Waals surface area contributed by atoms with Crippen LogP contribution in [0.2, 0.25) is 0 Å². The lowest BCUT2D eigenvalue weighted by molar-refractivity contribution is -0.292. The number of carbonyl (C=O) groups is 1. The minimum absolute atomic E-state index is 0.162. The van der Waals surface area contributed by atoms with Crippen molar-refractivity contribution >= 4 is 22.7 Å². The van der Waals surface area contributed by atoms with Crippen molar-refractivity contribution < 1.29 is 28.6 Å². The molecule has 1 N–H and O–H groups in total. The Morgan fingerprint density at radius 3 is 2.80 bits per heavy atom. The number of nitrogens with zero attached hydrogens (tertiary/aromatic N) is 1. The third kappa shape index (κ3) is 4.84. The van der Waals surface area contributed by atoms with Crippen LogP contribution in [0.25, 0.3) is 11.0 Å². The molecule has 30 heavy (non-hydrogen) atoms. The Labute approximate surface area is 177 Å². The van der Waals surface area contributed by atoms with Gasteiger partial charge in [-0.2, -0.15) is 0 Å². The van der Waals surface area contributed by atoms with Crippen LogP contribution in [0.5, 0.6) is 0 Å². The zero-order valence-corrected chi connectivity index (χ0v) is 18.4. The van der Waals surface area contributed by atoms with Gasteiger partial charge in [0.2, 0.25) is 0 Å². The van der Waals surface area contributed by atoms with Crippen LogP contribution in [-0.4, -0.2) is 41.9 Å². The lowest BCUT2D eigenvalue weighted by Gasteiger charge is -2.39. The number of carboxylic acids is 1. The molecule has 1 aliphatic rings. The van der Waals surface area contributed by atoms with Crippen LogP contribution in [0.4, 0.5) is 0 Å². The highest BCUT2D eigenvalue weighted by Gasteiger charge is 2.43. The lowest BCUT2D eigenvalue weighted by Crippen LogP contribution is -2.51. The molecule has 3 atom stereocenters. The number of carboxylic acid groups (broad SMARTS) is 1. The summed E-state index contributed by atoms with van der Waals surface area (Å²) < 4.78 is 16.8. The average Bonchev–Trinajstić information content (AvgIpc) is 2.99. The lowest BCUT2D eigenvalue weighted by atomic mass is 9.96. The Balaban J connectivity index is 1.42. The Bertz CT molecular complexity index is 933. The third-order valence-electron chi connectivity index (χ3n) is 5.89.